The molecule has 1 N–H and O–H groups in total. The van der Waals surface area contributed by atoms with Gasteiger partial charge in [0.05, 0.1) is 0 Å². The smallest absolute Gasteiger partial charge is 0.246 e. The molecule has 0 aromatic carbocycles. The van der Waals surface area contributed by atoms with E-state index in [0.717, 1.165) is 50.7 Å². The number of hydrogen-bond donors (Lipinski definition) is 1. The zero-order chi connectivity index (χ0) is 18.4. The third-order valence-electron chi connectivity index (χ3n) is 5.36. The van der Waals surface area contributed by atoms with Gasteiger partial charge in [-0.1, -0.05) is 25.5 Å². The number of allylic oxidation sites excluding steroid dienone is 3. The van der Waals surface area contributed by atoms with Crippen molar-refractivity contribution in [2.24, 2.45) is 5.41 Å². The quantitative estimate of drug-likeness (QED) is 0.615. The molecule has 1 saturated heterocycles. The van der Waals surface area contributed by atoms with Crippen LogP contribution in [0, 0.1) is 5.41 Å². The Bertz CT molecular complexity index is 565. The van der Waals surface area contributed by atoms with E-state index >= 15 is 0 Å². The normalized spacial score (nSPS) is 21.4. The maximum atomic E-state index is 12.7. The van der Waals surface area contributed by atoms with Gasteiger partial charge in [0.25, 0.3) is 0 Å². The van der Waals surface area contributed by atoms with Crippen molar-refractivity contribution in [2.45, 2.75) is 53.4 Å². The van der Waals surface area contributed by atoms with Gasteiger partial charge in [0.15, 0.2) is 5.11 Å². The monoisotopic (exact) mass is 363 g/mol. The van der Waals surface area contributed by atoms with E-state index in [1.807, 2.05) is 11.8 Å². The second-order valence-corrected chi connectivity index (χ2v) is 8.15. The first-order valence-corrected chi connectivity index (χ1v) is 9.96. The van der Waals surface area contributed by atoms with E-state index in [1.165, 1.54) is 24.0 Å². The molecule has 2 aliphatic rings. The molecular formula is C20H33N3OS. The molecule has 4 nitrogen and oxygen atoms in total. The lowest BCUT2D eigenvalue weighted by Crippen LogP contribution is -2.42. The van der Waals surface area contributed by atoms with Crippen molar-refractivity contribution in [3.8, 4) is 0 Å². The van der Waals surface area contributed by atoms with Crippen molar-refractivity contribution >= 4 is 23.2 Å². The lowest BCUT2D eigenvalue weighted by molar-refractivity contribution is -0.125. The average Bonchev–Trinajstić information content (AvgIpc) is 2.80. The van der Waals surface area contributed by atoms with Crippen LogP contribution in [0.5, 0.6) is 0 Å². The van der Waals surface area contributed by atoms with Crippen LogP contribution in [0.15, 0.2) is 23.3 Å². The van der Waals surface area contributed by atoms with Crippen LogP contribution in [0.25, 0.3) is 0 Å². The molecule has 2 rings (SSSR count). The van der Waals surface area contributed by atoms with Crippen molar-refractivity contribution in [3.63, 3.8) is 0 Å². The third-order valence-corrected chi connectivity index (χ3v) is 5.76. The van der Waals surface area contributed by atoms with E-state index < -0.39 is 0 Å². The molecule has 1 amide bonds. The maximum absolute atomic E-state index is 12.7. The Morgan fingerprint density at radius 1 is 1.20 bits per heavy atom. The van der Waals surface area contributed by atoms with Crippen molar-refractivity contribution in [2.75, 3.05) is 32.7 Å². The highest BCUT2D eigenvalue weighted by atomic mass is 32.1. The maximum Gasteiger partial charge on any atom is 0.246 e. The predicted molar refractivity (Wildman–Crippen MR) is 109 cm³/mol. The second-order valence-electron chi connectivity index (χ2n) is 7.77. The molecule has 1 aliphatic carbocycles. The van der Waals surface area contributed by atoms with Crippen LogP contribution in [0.1, 0.15) is 53.4 Å². The van der Waals surface area contributed by atoms with Crippen LogP contribution in [0.3, 0.4) is 0 Å². The molecule has 1 aliphatic heterocycles. The molecule has 0 unspecified atom stereocenters. The second kappa shape index (κ2) is 8.84. The Labute approximate surface area is 158 Å². The van der Waals surface area contributed by atoms with E-state index in [2.05, 4.69) is 37.1 Å². The first-order valence-electron chi connectivity index (χ1n) is 9.55. The Balaban J connectivity index is 1.98. The Morgan fingerprint density at radius 2 is 1.88 bits per heavy atom. The summed E-state index contributed by atoms with van der Waals surface area (Å²) in [5.74, 6) is 0.123. The predicted octanol–water partition coefficient (Wildman–Crippen LogP) is 3.50. The summed E-state index contributed by atoms with van der Waals surface area (Å²) in [4.78, 5) is 16.8. The molecule has 0 aromatic rings. The van der Waals surface area contributed by atoms with Gasteiger partial charge >= 0.3 is 0 Å². The van der Waals surface area contributed by atoms with Crippen LogP contribution in [0.4, 0.5) is 0 Å². The van der Waals surface area contributed by atoms with Crippen molar-refractivity contribution in [3.05, 3.63) is 23.3 Å². The molecular weight excluding hydrogens is 330 g/mol. The number of thiocarbonyl (C=S) groups is 1. The highest BCUT2D eigenvalue weighted by Crippen LogP contribution is 2.40. The van der Waals surface area contributed by atoms with Gasteiger partial charge in [-0.25, -0.2) is 0 Å². The van der Waals surface area contributed by atoms with E-state index in [1.54, 1.807) is 6.08 Å². The van der Waals surface area contributed by atoms with Crippen molar-refractivity contribution < 1.29 is 4.79 Å². The Morgan fingerprint density at radius 3 is 2.56 bits per heavy atom. The van der Waals surface area contributed by atoms with Crippen LogP contribution in [-0.4, -0.2) is 53.5 Å². The largest absolute Gasteiger partial charge is 0.363 e. The summed E-state index contributed by atoms with van der Waals surface area (Å²) in [5.41, 5.74) is 2.95. The molecule has 1 fully saturated rings. The summed E-state index contributed by atoms with van der Waals surface area (Å²) >= 11 is 5.40. The zero-order valence-electron chi connectivity index (χ0n) is 16.2. The number of carbonyl (C=O) groups is 1. The van der Waals surface area contributed by atoms with E-state index in [0.29, 0.717) is 0 Å². The average molecular weight is 364 g/mol. The zero-order valence-corrected chi connectivity index (χ0v) is 17.0. The SMILES string of the molecule is CCNC(=S)N1CCCN(C(=O)C=CC2=C(C)CCCC2(C)C)CC1. The van der Waals surface area contributed by atoms with Crippen LogP contribution < -0.4 is 5.32 Å². The standard InChI is InChI=1S/C20H33N3OS/c1-5-21-19(25)23-13-7-12-22(14-15-23)18(24)10-9-17-16(2)8-6-11-20(17,3)4/h9-10H,5-8,11-15H2,1-4H3,(H,21,25). The fraction of sp³-hybridized carbons (Fsp3) is 0.700. The van der Waals surface area contributed by atoms with Gasteiger partial charge in [-0.3, -0.25) is 4.79 Å². The fourth-order valence-corrected chi connectivity index (χ4v) is 4.20. The van der Waals surface area contributed by atoms with Gasteiger partial charge < -0.3 is 15.1 Å². The molecule has 25 heavy (non-hydrogen) atoms. The van der Waals surface area contributed by atoms with E-state index in [4.69, 9.17) is 12.2 Å². The highest BCUT2D eigenvalue weighted by molar-refractivity contribution is 7.80. The summed E-state index contributed by atoms with van der Waals surface area (Å²) in [6.07, 6.45) is 8.40. The van der Waals surface area contributed by atoms with Crippen molar-refractivity contribution in [1.29, 1.82) is 0 Å². The van der Waals surface area contributed by atoms with E-state index in [-0.39, 0.29) is 11.3 Å². The molecule has 0 aromatic heterocycles. The fourth-order valence-electron chi connectivity index (χ4n) is 3.87. The van der Waals surface area contributed by atoms with Gasteiger partial charge in [-0.15, -0.1) is 0 Å². The number of amides is 1. The lowest BCUT2D eigenvalue weighted by atomic mass is 9.72. The van der Waals surface area contributed by atoms with Gasteiger partial charge in [-0.2, -0.15) is 0 Å². The molecule has 0 radical (unpaired) electrons. The Hall–Kier alpha value is -1.36. The summed E-state index contributed by atoms with van der Waals surface area (Å²) in [6, 6.07) is 0. The molecule has 0 atom stereocenters. The summed E-state index contributed by atoms with van der Waals surface area (Å²) < 4.78 is 0. The molecule has 0 spiro atoms. The highest BCUT2D eigenvalue weighted by Gasteiger charge is 2.27. The number of nitrogens with one attached hydrogen (secondary N) is 1. The lowest BCUT2D eigenvalue weighted by Gasteiger charge is -2.33. The Kier molecular flexibility index (Phi) is 7.05. The van der Waals surface area contributed by atoms with Crippen LogP contribution in [0.2, 0.25) is 0 Å². The summed E-state index contributed by atoms with van der Waals surface area (Å²) in [7, 11) is 0. The number of carbonyl (C=O) groups excluding carboxylic acids is 1. The van der Waals surface area contributed by atoms with Gasteiger partial charge in [-0.05, 0) is 62.7 Å². The summed E-state index contributed by atoms with van der Waals surface area (Å²) in [5, 5.41) is 4.01. The minimum Gasteiger partial charge on any atom is -0.363 e. The molecule has 5 heteroatoms. The van der Waals surface area contributed by atoms with Crippen LogP contribution in [-0.2, 0) is 4.79 Å². The molecule has 140 valence electrons. The van der Waals surface area contributed by atoms with Crippen LogP contribution >= 0.6 is 12.2 Å². The number of hydrogen-bond acceptors (Lipinski definition) is 2. The third kappa shape index (κ3) is 5.30. The molecule has 1 heterocycles. The molecule has 0 saturated carbocycles. The number of rotatable bonds is 3. The summed E-state index contributed by atoms with van der Waals surface area (Å²) in [6.45, 7) is 12.9. The first-order chi connectivity index (χ1) is 11.8. The van der Waals surface area contributed by atoms with Gasteiger partial charge in [0.2, 0.25) is 5.91 Å². The van der Waals surface area contributed by atoms with Crippen molar-refractivity contribution in [1.82, 2.24) is 15.1 Å². The number of nitrogens with zero attached hydrogens (tertiary/aromatic N) is 2. The minimum atomic E-state index is 0.123. The van der Waals surface area contributed by atoms with Gasteiger partial charge in [0, 0.05) is 38.8 Å². The van der Waals surface area contributed by atoms with Gasteiger partial charge in [0.1, 0.15) is 0 Å². The van der Waals surface area contributed by atoms with E-state index in [9.17, 15) is 4.79 Å². The topological polar surface area (TPSA) is 35.6 Å². The minimum absolute atomic E-state index is 0.123. The molecule has 0 bridgehead atoms. The first kappa shape index (κ1) is 20.0.